The lowest BCUT2D eigenvalue weighted by Crippen LogP contribution is -2.57. The van der Waals surface area contributed by atoms with Crippen molar-refractivity contribution in [2.24, 2.45) is 34.6 Å². The average Bonchev–Trinajstić information content (AvgIpc) is 3.53. The zero-order valence-electron chi connectivity index (χ0n) is 29.5. The topological polar surface area (TPSA) is 347 Å². The van der Waals surface area contributed by atoms with E-state index >= 15 is 0 Å². The van der Waals surface area contributed by atoms with Crippen molar-refractivity contribution >= 4 is 53.2 Å². The first kappa shape index (κ1) is 44.2. The van der Waals surface area contributed by atoms with Gasteiger partial charge in [-0.1, -0.05) is 13.8 Å². The first-order valence-electron chi connectivity index (χ1n) is 17.0. The molecule has 288 valence electrons. The van der Waals surface area contributed by atoms with Gasteiger partial charge in [0.25, 0.3) is 0 Å². The van der Waals surface area contributed by atoms with Gasteiger partial charge in [0.2, 0.25) is 53.2 Å². The molecule has 0 saturated carbocycles. The summed E-state index contributed by atoms with van der Waals surface area (Å²) in [5, 5.41) is 12.4. The number of carbonyl (C=O) groups is 9. The van der Waals surface area contributed by atoms with E-state index < -0.39 is 102 Å². The molecule has 0 aromatic heterocycles. The van der Waals surface area contributed by atoms with Crippen molar-refractivity contribution in [3.63, 3.8) is 0 Å². The third-order valence-corrected chi connectivity index (χ3v) is 8.03. The Labute approximate surface area is 296 Å². The van der Waals surface area contributed by atoms with Crippen molar-refractivity contribution in [3.8, 4) is 0 Å². The lowest BCUT2D eigenvalue weighted by Gasteiger charge is -2.28. The standard InChI is InChI=1S/C31H55N11O9/c1-16(2)13-21(29(49)38-17(3)27(47)40-19(26(36)46)7-4-5-11-32)39-25(45)15-37-28(48)20(9-10-23(34)43)41-30(50)22-8-6-12-42(22)31(51)18(33)14-24(35)44/h16-22H,4-15,32-33H2,1-3H3,(H2,34,43)(H2,35,44)(H2,36,46)(H,37,48)(H,38,49)(H,39,45)(H,40,47)(H,41,50)/t17-,18-,19-,20-,21-,22+/m0/s1. The van der Waals surface area contributed by atoms with Crippen LogP contribution in [0.2, 0.25) is 0 Å². The summed E-state index contributed by atoms with van der Waals surface area (Å²) in [6.07, 6.45) is 1.37. The van der Waals surface area contributed by atoms with Crippen LogP contribution in [0.3, 0.4) is 0 Å². The highest BCUT2D eigenvalue weighted by Crippen LogP contribution is 2.19. The van der Waals surface area contributed by atoms with Gasteiger partial charge in [0.05, 0.1) is 19.0 Å². The molecule has 0 unspecified atom stereocenters. The largest absolute Gasteiger partial charge is 0.370 e. The highest BCUT2D eigenvalue weighted by Gasteiger charge is 2.38. The molecule has 1 rings (SSSR count). The summed E-state index contributed by atoms with van der Waals surface area (Å²) in [4.78, 5) is 114. The second-order valence-corrected chi connectivity index (χ2v) is 13.0. The molecule has 0 aromatic rings. The number of primary amides is 3. The van der Waals surface area contributed by atoms with Crippen LogP contribution < -0.4 is 55.3 Å². The number of nitrogens with one attached hydrogen (secondary N) is 5. The molecule has 20 heteroatoms. The van der Waals surface area contributed by atoms with E-state index in [2.05, 4.69) is 26.6 Å². The van der Waals surface area contributed by atoms with Crippen LogP contribution in [0.5, 0.6) is 0 Å². The fourth-order valence-corrected chi connectivity index (χ4v) is 5.34. The molecule has 0 bridgehead atoms. The van der Waals surface area contributed by atoms with Crippen molar-refractivity contribution in [1.29, 1.82) is 0 Å². The van der Waals surface area contributed by atoms with E-state index in [4.69, 9.17) is 28.7 Å². The zero-order valence-corrected chi connectivity index (χ0v) is 29.5. The van der Waals surface area contributed by atoms with Gasteiger partial charge in [-0.05, 0) is 64.3 Å². The summed E-state index contributed by atoms with van der Waals surface area (Å²) in [6.45, 7) is 4.97. The number of likely N-dealkylation sites (tertiary alicyclic amines) is 1. The second-order valence-electron chi connectivity index (χ2n) is 13.0. The van der Waals surface area contributed by atoms with Crippen molar-refractivity contribution in [3.05, 3.63) is 0 Å². The molecule has 20 nitrogen and oxygen atoms in total. The lowest BCUT2D eigenvalue weighted by atomic mass is 10.0. The molecule has 0 radical (unpaired) electrons. The Morgan fingerprint density at radius 2 is 1.43 bits per heavy atom. The molecule has 6 atom stereocenters. The van der Waals surface area contributed by atoms with Gasteiger partial charge in [0, 0.05) is 13.0 Å². The van der Waals surface area contributed by atoms with Gasteiger partial charge >= 0.3 is 0 Å². The number of carbonyl (C=O) groups excluding carboxylic acids is 9. The van der Waals surface area contributed by atoms with E-state index in [1.54, 1.807) is 13.8 Å². The number of nitrogens with two attached hydrogens (primary N) is 5. The molecule has 15 N–H and O–H groups in total. The molecular formula is C31H55N11O9. The Kier molecular flexibility index (Phi) is 19.1. The number of amides is 9. The van der Waals surface area contributed by atoms with Crippen molar-refractivity contribution < 1.29 is 43.2 Å². The molecule has 1 aliphatic rings. The predicted molar refractivity (Wildman–Crippen MR) is 183 cm³/mol. The molecule has 0 aliphatic carbocycles. The summed E-state index contributed by atoms with van der Waals surface area (Å²) >= 11 is 0. The number of hydrogen-bond donors (Lipinski definition) is 10. The summed E-state index contributed by atoms with van der Waals surface area (Å²) in [5.74, 6) is -6.71. The summed E-state index contributed by atoms with van der Waals surface area (Å²) < 4.78 is 0. The minimum absolute atomic E-state index is 0.0812. The fourth-order valence-electron chi connectivity index (χ4n) is 5.34. The van der Waals surface area contributed by atoms with E-state index in [9.17, 15) is 43.2 Å². The molecule has 0 aromatic carbocycles. The van der Waals surface area contributed by atoms with E-state index in [-0.39, 0.29) is 44.6 Å². The normalized spacial score (nSPS) is 16.9. The highest BCUT2D eigenvalue weighted by atomic mass is 16.2. The van der Waals surface area contributed by atoms with Gasteiger partial charge < -0.3 is 60.2 Å². The van der Waals surface area contributed by atoms with Crippen LogP contribution in [0.25, 0.3) is 0 Å². The van der Waals surface area contributed by atoms with Gasteiger partial charge in [0.15, 0.2) is 0 Å². The van der Waals surface area contributed by atoms with Crippen LogP contribution >= 0.6 is 0 Å². The van der Waals surface area contributed by atoms with Gasteiger partial charge in [-0.25, -0.2) is 0 Å². The van der Waals surface area contributed by atoms with Crippen LogP contribution in [0, 0.1) is 5.92 Å². The maximum Gasteiger partial charge on any atom is 0.243 e. The lowest BCUT2D eigenvalue weighted by molar-refractivity contribution is -0.141. The third kappa shape index (κ3) is 16.1. The Morgan fingerprint density at radius 1 is 0.765 bits per heavy atom. The van der Waals surface area contributed by atoms with Gasteiger partial charge in [-0.2, -0.15) is 0 Å². The minimum atomic E-state index is -1.33. The maximum absolute atomic E-state index is 13.2. The Bertz CT molecular complexity index is 1280. The van der Waals surface area contributed by atoms with Gasteiger partial charge in [0.1, 0.15) is 30.2 Å². The fraction of sp³-hybridized carbons (Fsp3) is 0.710. The van der Waals surface area contributed by atoms with E-state index in [1.807, 2.05) is 0 Å². The SMILES string of the molecule is CC(C)C[C@H](NC(=O)CNC(=O)[C@H](CCC(N)=O)NC(=O)[C@H]1CCCN1C(=O)[C@@H](N)CC(N)=O)C(=O)N[C@@H](C)C(=O)N[C@@H](CCCCN)C(N)=O. The number of unbranched alkanes of at least 4 members (excludes halogenated alkanes) is 1. The predicted octanol–water partition coefficient (Wildman–Crippen LogP) is -4.82. The number of nitrogens with zero attached hydrogens (tertiary/aromatic N) is 1. The number of hydrogen-bond acceptors (Lipinski definition) is 11. The van der Waals surface area contributed by atoms with Gasteiger partial charge in [-0.15, -0.1) is 0 Å². The molecule has 1 aliphatic heterocycles. The Balaban J connectivity index is 2.89. The van der Waals surface area contributed by atoms with Crippen molar-refractivity contribution in [1.82, 2.24) is 31.5 Å². The summed E-state index contributed by atoms with van der Waals surface area (Å²) in [7, 11) is 0. The van der Waals surface area contributed by atoms with E-state index in [0.29, 0.717) is 25.8 Å². The molecule has 1 fully saturated rings. The quantitative estimate of drug-likeness (QED) is 0.0445. The average molecular weight is 726 g/mol. The smallest absolute Gasteiger partial charge is 0.243 e. The molecule has 1 saturated heterocycles. The molecule has 0 spiro atoms. The third-order valence-electron chi connectivity index (χ3n) is 8.03. The maximum atomic E-state index is 13.2. The highest BCUT2D eigenvalue weighted by molar-refractivity contribution is 5.97. The van der Waals surface area contributed by atoms with Crippen molar-refractivity contribution in [2.45, 2.75) is 115 Å². The molecular weight excluding hydrogens is 670 g/mol. The first-order chi connectivity index (χ1) is 23.9. The zero-order chi connectivity index (χ0) is 38.8. The van der Waals surface area contributed by atoms with Crippen LogP contribution in [0.1, 0.15) is 78.6 Å². The van der Waals surface area contributed by atoms with Crippen molar-refractivity contribution in [2.75, 3.05) is 19.6 Å². The first-order valence-corrected chi connectivity index (χ1v) is 17.0. The van der Waals surface area contributed by atoms with E-state index in [0.717, 1.165) is 0 Å². The molecule has 9 amide bonds. The van der Waals surface area contributed by atoms with Crippen LogP contribution in [-0.4, -0.2) is 114 Å². The monoisotopic (exact) mass is 725 g/mol. The molecule has 51 heavy (non-hydrogen) atoms. The van der Waals surface area contributed by atoms with Crippen LogP contribution in [-0.2, 0) is 43.2 Å². The van der Waals surface area contributed by atoms with Gasteiger partial charge in [-0.3, -0.25) is 43.2 Å². The number of rotatable bonds is 23. The van der Waals surface area contributed by atoms with Crippen LogP contribution in [0.15, 0.2) is 0 Å². The summed E-state index contributed by atoms with van der Waals surface area (Å²) in [6, 6.07) is -6.76. The van der Waals surface area contributed by atoms with E-state index in [1.165, 1.54) is 11.8 Å². The Morgan fingerprint density at radius 3 is 2.00 bits per heavy atom. The summed E-state index contributed by atoms with van der Waals surface area (Å²) in [5.41, 5.74) is 27.0. The minimum Gasteiger partial charge on any atom is -0.370 e. The molecule has 1 heterocycles. The van der Waals surface area contributed by atoms with Crippen LogP contribution in [0.4, 0.5) is 0 Å². The second kappa shape index (κ2) is 22.1. The Hall–Kier alpha value is -4.85.